The van der Waals surface area contributed by atoms with Gasteiger partial charge in [0, 0.05) is 0 Å². The highest BCUT2D eigenvalue weighted by atomic mass is 16.6. The predicted octanol–water partition coefficient (Wildman–Crippen LogP) is 2.89. The van der Waals surface area contributed by atoms with Crippen LogP contribution in [0, 0.1) is 5.41 Å². The molecule has 2 nitrogen and oxygen atoms in total. The van der Waals surface area contributed by atoms with Crippen LogP contribution in [-0.4, -0.2) is 22.9 Å². The van der Waals surface area contributed by atoms with E-state index >= 15 is 0 Å². The molecular weight excluding hydrogens is 188 g/mol. The Labute approximate surface area is 93.0 Å². The Morgan fingerprint density at radius 2 is 2.13 bits per heavy atom. The topological polar surface area (TPSA) is 32.8 Å². The van der Waals surface area contributed by atoms with Crippen molar-refractivity contribution in [2.45, 2.75) is 77.1 Å². The molecule has 3 atom stereocenters. The van der Waals surface area contributed by atoms with Crippen molar-refractivity contribution < 1.29 is 9.84 Å². The van der Waals surface area contributed by atoms with Gasteiger partial charge in [-0.05, 0) is 50.9 Å². The molecule has 2 aliphatic rings. The molecule has 0 radical (unpaired) electrons. The number of hydrogen-bond acceptors (Lipinski definition) is 2. The van der Waals surface area contributed by atoms with E-state index < -0.39 is 0 Å². The van der Waals surface area contributed by atoms with Crippen molar-refractivity contribution in [3.63, 3.8) is 0 Å². The Morgan fingerprint density at radius 1 is 1.40 bits per heavy atom. The second-order valence-corrected chi connectivity index (χ2v) is 6.15. The zero-order chi connectivity index (χ0) is 11.1. The Kier molecular flexibility index (Phi) is 2.85. The molecule has 0 bridgehead atoms. The third-order valence-electron chi connectivity index (χ3n) is 4.13. The van der Waals surface area contributed by atoms with Gasteiger partial charge in [-0.25, -0.2) is 0 Å². The average molecular weight is 212 g/mol. The maximum Gasteiger partial charge on any atom is 0.0954 e. The fourth-order valence-electron chi connectivity index (χ4n) is 3.25. The van der Waals surface area contributed by atoms with Gasteiger partial charge in [-0.15, -0.1) is 0 Å². The summed E-state index contributed by atoms with van der Waals surface area (Å²) in [6.45, 7) is 6.52. The number of aliphatic hydroxyl groups excluding tert-OH is 1. The molecule has 2 heteroatoms. The molecule has 2 rings (SSSR count). The third-order valence-corrected chi connectivity index (χ3v) is 4.13. The lowest BCUT2D eigenvalue weighted by molar-refractivity contribution is 0.172. The fraction of sp³-hybridized carbons (Fsp3) is 1.00. The van der Waals surface area contributed by atoms with E-state index in [9.17, 15) is 5.11 Å². The molecule has 2 fully saturated rings. The summed E-state index contributed by atoms with van der Waals surface area (Å²) in [7, 11) is 0. The highest BCUT2D eigenvalue weighted by Gasteiger charge is 2.63. The van der Waals surface area contributed by atoms with Gasteiger partial charge in [-0.2, -0.15) is 0 Å². The van der Waals surface area contributed by atoms with E-state index in [2.05, 4.69) is 13.8 Å². The minimum Gasteiger partial charge on any atom is -0.393 e. The summed E-state index contributed by atoms with van der Waals surface area (Å²) >= 11 is 0. The molecule has 1 saturated heterocycles. The second kappa shape index (κ2) is 3.74. The minimum absolute atomic E-state index is 0.157. The molecule has 0 aromatic carbocycles. The SMILES string of the molecule is CC(O)CCCC12CCCC(C)(C)C1O2. The van der Waals surface area contributed by atoms with Crippen molar-refractivity contribution >= 4 is 0 Å². The molecular formula is C13H24O2. The first-order valence-electron chi connectivity index (χ1n) is 6.32. The molecule has 88 valence electrons. The van der Waals surface area contributed by atoms with Gasteiger partial charge >= 0.3 is 0 Å². The van der Waals surface area contributed by atoms with Gasteiger partial charge in [0.05, 0.1) is 17.8 Å². The van der Waals surface area contributed by atoms with E-state index in [0.717, 1.165) is 19.3 Å². The molecule has 3 unspecified atom stereocenters. The summed E-state index contributed by atoms with van der Waals surface area (Å²) in [5, 5.41) is 9.24. The molecule has 15 heavy (non-hydrogen) atoms. The summed E-state index contributed by atoms with van der Waals surface area (Å²) in [6.07, 6.45) is 7.34. The Balaban J connectivity index is 1.83. The van der Waals surface area contributed by atoms with Crippen LogP contribution in [-0.2, 0) is 4.74 Å². The number of hydrogen-bond donors (Lipinski definition) is 1. The van der Waals surface area contributed by atoms with Crippen LogP contribution in [0.1, 0.15) is 59.3 Å². The van der Waals surface area contributed by atoms with Crippen LogP contribution in [0.3, 0.4) is 0 Å². The van der Waals surface area contributed by atoms with E-state index in [1.807, 2.05) is 6.92 Å². The van der Waals surface area contributed by atoms with Gasteiger partial charge < -0.3 is 9.84 Å². The first-order chi connectivity index (χ1) is 6.96. The normalized spacial score (nSPS) is 39.6. The Morgan fingerprint density at radius 3 is 2.80 bits per heavy atom. The van der Waals surface area contributed by atoms with E-state index in [-0.39, 0.29) is 11.7 Å². The van der Waals surface area contributed by atoms with Crippen LogP contribution in [0.15, 0.2) is 0 Å². The summed E-state index contributed by atoms with van der Waals surface area (Å²) in [5.41, 5.74) is 0.583. The van der Waals surface area contributed by atoms with Crippen LogP contribution < -0.4 is 0 Å². The molecule has 0 aromatic heterocycles. The molecule has 0 amide bonds. The first-order valence-corrected chi connectivity index (χ1v) is 6.32. The summed E-state index contributed by atoms with van der Waals surface area (Å²) in [5.74, 6) is 0. The monoisotopic (exact) mass is 212 g/mol. The van der Waals surface area contributed by atoms with Gasteiger partial charge in [0.1, 0.15) is 0 Å². The average Bonchev–Trinajstić information content (AvgIpc) is 2.80. The maximum atomic E-state index is 9.24. The molecule has 1 N–H and O–H groups in total. The van der Waals surface area contributed by atoms with Crippen molar-refractivity contribution in [2.75, 3.05) is 0 Å². The third kappa shape index (κ3) is 2.21. The second-order valence-electron chi connectivity index (χ2n) is 6.15. The van der Waals surface area contributed by atoms with Gasteiger partial charge in [-0.1, -0.05) is 13.8 Å². The highest BCUT2D eigenvalue weighted by molar-refractivity contribution is 5.11. The zero-order valence-corrected chi connectivity index (χ0v) is 10.3. The lowest BCUT2D eigenvalue weighted by Crippen LogP contribution is -2.32. The van der Waals surface area contributed by atoms with E-state index in [1.165, 1.54) is 19.3 Å². The fourth-order valence-corrected chi connectivity index (χ4v) is 3.25. The van der Waals surface area contributed by atoms with Crippen molar-refractivity contribution in [1.82, 2.24) is 0 Å². The van der Waals surface area contributed by atoms with E-state index in [1.54, 1.807) is 0 Å². The number of fused-ring (bicyclic) bond motifs is 1. The van der Waals surface area contributed by atoms with Gasteiger partial charge in [0.15, 0.2) is 0 Å². The lowest BCUT2D eigenvalue weighted by Gasteiger charge is -2.30. The van der Waals surface area contributed by atoms with Crippen LogP contribution >= 0.6 is 0 Å². The highest BCUT2D eigenvalue weighted by Crippen LogP contribution is 2.58. The van der Waals surface area contributed by atoms with E-state index in [4.69, 9.17) is 4.74 Å². The summed E-state index contributed by atoms with van der Waals surface area (Å²) in [6, 6.07) is 0. The largest absolute Gasteiger partial charge is 0.393 e. The zero-order valence-electron chi connectivity index (χ0n) is 10.3. The van der Waals surface area contributed by atoms with Crippen LogP contribution in [0.4, 0.5) is 0 Å². The smallest absolute Gasteiger partial charge is 0.0954 e. The van der Waals surface area contributed by atoms with Crippen molar-refractivity contribution in [3.05, 3.63) is 0 Å². The standard InChI is InChI=1S/C13H24O2/c1-10(14)6-4-8-13-9-5-7-12(2,3)11(13)15-13/h10-11,14H,4-9H2,1-3H3. The maximum absolute atomic E-state index is 9.24. The quantitative estimate of drug-likeness (QED) is 0.727. The van der Waals surface area contributed by atoms with Crippen LogP contribution in [0.2, 0.25) is 0 Å². The van der Waals surface area contributed by atoms with Gasteiger partial charge in [-0.3, -0.25) is 0 Å². The molecule has 1 aliphatic carbocycles. The molecule has 1 saturated carbocycles. The number of ether oxygens (including phenoxy) is 1. The molecule has 0 aromatic rings. The Hall–Kier alpha value is -0.0800. The first kappa shape index (κ1) is 11.4. The molecule has 0 spiro atoms. The van der Waals surface area contributed by atoms with Gasteiger partial charge in [0.25, 0.3) is 0 Å². The number of rotatable bonds is 4. The number of aliphatic hydroxyl groups is 1. The molecule has 1 aliphatic heterocycles. The number of epoxide rings is 1. The molecule has 1 heterocycles. The lowest BCUT2D eigenvalue weighted by atomic mass is 9.71. The summed E-state index contributed by atoms with van der Waals surface area (Å²) < 4.78 is 5.98. The van der Waals surface area contributed by atoms with Crippen molar-refractivity contribution in [1.29, 1.82) is 0 Å². The van der Waals surface area contributed by atoms with Gasteiger partial charge in [0.2, 0.25) is 0 Å². The van der Waals surface area contributed by atoms with Crippen molar-refractivity contribution in [2.24, 2.45) is 5.41 Å². The van der Waals surface area contributed by atoms with E-state index in [0.29, 0.717) is 11.5 Å². The van der Waals surface area contributed by atoms with Crippen LogP contribution in [0.25, 0.3) is 0 Å². The van der Waals surface area contributed by atoms with Crippen LogP contribution in [0.5, 0.6) is 0 Å². The minimum atomic E-state index is -0.157. The predicted molar refractivity (Wildman–Crippen MR) is 60.8 cm³/mol. The van der Waals surface area contributed by atoms with Crippen molar-refractivity contribution in [3.8, 4) is 0 Å². The Bertz CT molecular complexity index is 235. The summed E-state index contributed by atoms with van der Waals surface area (Å²) in [4.78, 5) is 0.